The van der Waals surface area contributed by atoms with Gasteiger partial charge in [-0.2, -0.15) is 0 Å². The smallest absolute Gasteiger partial charge is 0.412 e. The molecular formula is C17H19NO4. The van der Waals surface area contributed by atoms with Crippen molar-refractivity contribution in [2.75, 3.05) is 5.32 Å². The van der Waals surface area contributed by atoms with Crippen LogP contribution in [0.3, 0.4) is 0 Å². The van der Waals surface area contributed by atoms with Crippen molar-refractivity contribution in [1.29, 1.82) is 0 Å². The lowest BCUT2D eigenvalue weighted by Gasteiger charge is -2.16. The highest BCUT2D eigenvalue weighted by Gasteiger charge is 2.23. The summed E-state index contributed by atoms with van der Waals surface area (Å²) < 4.78 is 4.99. The number of nitrogens with one attached hydrogen (secondary N) is 1. The largest absolute Gasteiger partial charge is 0.479 e. The number of carboxylic acids is 1. The summed E-state index contributed by atoms with van der Waals surface area (Å²) in [4.78, 5) is 22.9. The van der Waals surface area contributed by atoms with E-state index in [9.17, 15) is 9.59 Å². The van der Waals surface area contributed by atoms with Crippen molar-refractivity contribution in [3.63, 3.8) is 0 Å². The van der Waals surface area contributed by atoms with Crippen LogP contribution in [0.1, 0.15) is 20.3 Å². The second-order valence-electron chi connectivity index (χ2n) is 5.55. The second kappa shape index (κ2) is 6.93. The first-order valence-corrected chi connectivity index (χ1v) is 7.15. The van der Waals surface area contributed by atoms with E-state index in [0.717, 1.165) is 10.8 Å². The maximum Gasteiger partial charge on any atom is 0.412 e. The van der Waals surface area contributed by atoms with Crippen LogP contribution in [0.15, 0.2) is 42.5 Å². The molecule has 0 saturated carbocycles. The Hall–Kier alpha value is -2.56. The second-order valence-corrected chi connectivity index (χ2v) is 5.55. The molecule has 116 valence electrons. The van der Waals surface area contributed by atoms with Gasteiger partial charge in [-0.05, 0) is 35.2 Å². The number of rotatable bonds is 5. The van der Waals surface area contributed by atoms with Gasteiger partial charge in [0.15, 0.2) is 0 Å². The van der Waals surface area contributed by atoms with Gasteiger partial charge in [0.2, 0.25) is 6.10 Å². The molecular weight excluding hydrogens is 282 g/mol. The van der Waals surface area contributed by atoms with E-state index in [-0.39, 0.29) is 12.3 Å². The van der Waals surface area contributed by atoms with Gasteiger partial charge in [-0.1, -0.05) is 44.2 Å². The minimum absolute atomic E-state index is 0.120. The van der Waals surface area contributed by atoms with Gasteiger partial charge in [-0.25, -0.2) is 9.59 Å². The van der Waals surface area contributed by atoms with Crippen molar-refractivity contribution in [2.45, 2.75) is 26.4 Å². The molecule has 0 heterocycles. The first kappa shape index (κ1) is 15.8. The fourth-order valence-electron chi connectivity index (χ4n) is 2.17. The number of hydrogen-bond donors (Lipinski definition) is 2. The van der Waals surface area contributed by atoms with E-state index in [1.807, 2.05) is 50.2 Å². The highest BCUT2D eigenvalue weighted by atomic mass is 16.6. The maximum absolute atomic E-state index is 11.8. The van der Waals surface area contributed by atoms with Crippen molar-refractivity contribution >= 4 is 28.5 Å². The van der Waals surface area contributed by atoms with Crippen molar-refractivity contribution < 1.29 is 19.4 Å². The van der Waals surface area contributed by atoms with Gasteiger partial charge in [0.1, 0.15) is 0 Å². The molecule has 0 saturated heterocycles. The van der Waals surface area contributed by atoms with Crippen LogP contribution in [-0.4, -0.2) is 23.3 Å². The Balaban J connectivity index is 2.04. The number of ether oxygens (including phenoxy) is 1. The third-order valence-corrected chi connectivity index (χ3v) is 3.21. The van der Waals surface area contributed by atoms with Crippen LogP contribution < -0.4 is 5.32 Å². The van der Waals surface area contributed by atoms with Crippen molar-refractivity contribution in [1.82, 2.24) is 0 Å². The summed E-state index contributed by atoms with van der Waals surface area (Å²) in [6, 6.07) is 13.2. The van der Waals surface area contributed by atoms with Gasteiger partial charge in [0.05, 0.1) is 0 Å². The summed E-state index contributed by atoms with van der Waals surface area (Å²) in [6.07, 6.45) is -1.62. The van der Waals surface area contributed by atoms with Crippen LogP contribution in [0.4, 0.5) is 10.5 Å². The highest BCUT2D eigenvalue weighted by Crippen LogP contribution is 2.19. The molecule has 0 aliphatic rings. The minimum atomic E-state index is -1.14. The Bertz CT molecular complexity index is 681. The van der Waals surface area contributed by atoms with E-state index < -0.39 is 18.2 Å². The summed E-state index contributed by atoms with van der Waals surface area (Å²) in [5, 5.41) is 13.7. The van der Waals surface area contributed by atoms with Crippen LogP contribution in [-0.2, 0) is 9.53 Å². The summed E-state index contributed by atoms with van der Waals surface area (Å²) in [7, 11) is 0. The van der Waals surface area contributed by atoms with E-state index >= 15 is 0 Å². The maximum atomic E-state index is 11.8. The molecule has 2 aromatic rings. The Morgan fingerprint density at radius 2 is 1.82 bits per heavy atom. The van der Waals surface area contributed by atoms with E-state index in [0.29, 0.717) is 5.69 Å². The number of anilines is 1. The normalized spacial score (nSPS) is 12.1. The monoisotopic (exact) mass is 301 g/mol. The molecule has 5 nitrogen and oxygen atoms in total. The van der Waals surface area contributed by atoms with E-state index in [4.69, 9.17) is 9.84 Å². The van der Waals surface area contributed by atoms with E-state index in [1.165, 1.54) is 0 Å². The summed E-state index contributed by atoms with van der Waals surface area (Å²) in [5.41, 5.74) is 0.567. The fourth-order valence-corrected chi connectivity index (χ4v) is 2.17. The lowest BCUT2D eigenvalue weighted by atomic mass is 10.1. The number of carboxylic acid groups (broad SMARTS) is 1. The van der Waals surface area contributed by atoms with Crippen molar-refractivity contribution in [3.05, 3.63) is 42.5 Å². The van der Waals surface area contributed by atoms with E-state index in [1.54, 1.807) is 6.07 Å². The van der Waals surface area contributed by atoms with Crippen LogP contribution in [0.25, 0.3) is 10.8 Å². The van der Waals surface area contributed by atoms with Gasteiger partial charge >= 0.3 is 12.1 Å². The molecule has 2 rings (SSSR count). The summed E-state index contributed by atoms with van der Waals surface area (Å²) in [6.45, 7) is 3.75. The predicted octanol–water partition coefficient (Wildman–Crippen LogP) is 3.89. The molecule has 1 atom stereocenters. The van der Waals surface area contributed by atoms with Crippen molar-refractivity contribution in [2.24, 2.45) is 5.92 Å². The molecule has 0 spiro atoms. The zero-order chi connectivity index (χ0) is 16.1. The first-order valence-electron chi connectivity index (χ1n) is 7.15. The lowest BCUT2D eigenvalue weighted by Crippen LogP contribution is -2.30. The molecule has 0 aliphatic carbocycles. The number of fused-ring (bicyclic) bond motifs is 1. The van der Waals surface area contributed by atoms with Crippen LogP contribution in [0, 0.1) is 5.92 Å². The van der Waals surface area contributed by atoms with Crippen LogP contribution in [0.2, 0.25) is 0 Å². The molecule has 0 aromatic heterocycles. The number of carbonyl (C=O) groups excluding carboxylic acids is 1. The Morgan fingerprint density at radius 1 is 1.14 bits per heavy atom. The third-order valence-electron chi connectivity index (χ3n) is 3.21. The van der Waals surface area contributed by atoms with Crippen LogP contribution >= 0.6 is 0 Å². The quantitative estimate of drug-likeness (QED) is 0.878. The minimum Gasteiger partial charge on any atom is -0.479 e. The number of carbonyl (C=O) groups is 2. The Kier molecular flexibility index (Phi) is 4.99. The molecule has 0 aliphatic heterocycles. The molecule has 2 N–H and O–H groups in total. The number of hydrogen-bond acceptors (Lipinski definition) is 3. The molecule has 0 bridgehead atoms. The molecule has 5 heteroatoms. The molecule has 0 radical (unpaired) electrons. The Morgan fingerprint density at radius 3 is 2.45 bits per heavy atom. The van der Waals surface area contributed by atoms with Gasteiger partial charge < -0.3 is 9.84 Å². The number of amides is 1. The average Bonchev–Trinajstić information content (AvgIpc) is 2.45. The summed E-state index contributed by atoms with van der Waals surface area (Å²) in [5.74, 6) is -1.02. The molecule has 2 aromatic carbocycles. The van der Waals surface area contributed by atoms with Gasteiger partial charge in [-0.15, -0.1) is 0 Å². The highest BCUT2D eigenvalue weighted by molar-refractivity contribution is 5.92. The summed E-state index contributed by atoms with van der Waals surface area (Å²) >= 11 is 0. The Labute approximate surface area is 128 Å². The van der Waals surface area contributed by atoms with E-state index in [2.05, 4.69) is 5.32 Å². The zero-order valence-corrected chi connectivity index (χ0v) is 12.6. The average molecular weight is 301 g/mol. The molecule has 1 amide bonds. The zero-order valence-electron chi connectivity index (χ0n) is 12.6. The number of aliphatic carboxylic acids is 1. The van der Waals surface area contributed by atoms with Gasteiger partial charge in [0.25, 0.3) is 0 Å². The topological polar surface area (TPSA) is 75.6 Å². The van der Waals surface area contributed by atoms with Crippen molar-refractivity contribution in [3.8, 4) is 0 Å². The molecule has 0 unspecified atom stereocenters. The third kappa shape index (κ3) is 4.22. The first-order chi connectivity index (χ1) is 10.5. The SMILES string of the molecule is CC(C)C[C@H](OC(=O)Nc1ccc2ccccc2c1)C(=O)O. The lowest BCUT2D eigenvalue weighted by molar-refractivity contribution is -0.147. The standard InChI is InChI=1S/C17H19NO4/c1-11(2)9-15(16(19)20)22-17(21)18-14-8-7-12-5-3-4-6-13(12)10-14/h3-8,10-11,15H,9H2,1-2H3,(H,18,21)(H,19,20)/t15-/m0/s1. The molecule has 0 fully saturated rings. The fraction of sp³-hybridized carbons (Fsp3) is 0.294. The van der Waals surface area contributed by atoms with Gasteiger partial charge in [0, 0.05) is 5.69 Å². The van der Waals surface area contributed by atoms with Crippen LogP contribution in [0.5, 0.6) is 0 Å². The van der Waals surface area contributed by atoms with Gasteiger partial charge in [-0.3, -0.25) is 5.32 Å². The predicted molar refractivity (Wildman–Crippen MR) is 84.9 cm³/mol. The number of benzene rings is 2. The molecule has 22 heavy (non-hydrogen) atoms.